The first-order valence-corrected chi connectivity index (χ1v) is 4.32. The van der Waals surface area contributed by atoms with Crippen LogP contribution in [0.25, 0.3) is 0 Å². The number of hydrogen-bond donors (Lipinski definition) is 1. The fourth-order valence-corrected chi connectivity index (χ4v) is 1.69. The van der Waals surface area contributed by atoms with E-state index in [0.29, 0.717) is 6.04 Å². The monoisotopic (exact) mass is 212 g/mol. The molecule has 0 unspecified atom stereocenters. The second kappa shape index (κ2) is 5.28. The van der Waals surface area contributed by atoms with Crippen LogP contribution in [0.2, 0.25) is 0 Å². The topological polar surface area (TPSA) is 29.3 Å². The number of nitrogens with zero attached hydrogens (tertiary/aromatic N) is 1. The number of nitrogens with two attached hydrogens (primary N) is 1. The van der Waals surface area contributed by atoms with Gasteiger partial charge in [0, 0.05) is 19.1 Å². The van der Waals surface area contributed by atoms with Gasteiger partial charge in [0.1, 0.15) is 0 Å². The summed E-state index contributed by atoms with van der Waals surface area (Å²) < 4.78 is 0. The van der Waals surface area contributed by atoms with Gasteiger partial charge in [-0.2, -0.15) is 0 Å². The lowest BCUT2D eigenvalue weighted by Gasteiger charge is -2.13. The second-order valence-corrected chi connectivity index (χ2v) is 3.75. The van der Waals surface area contributed by atoms with Gasteiger partial charge in [-0.3, -0.25) is 0 Å². The molecule has 0 amide bonds. The van der Waals surface area contributed by atoms with Crippen LogP contribution in [0.4, 0.5) is 0 Å². The van der Waals surface area contributed by atoms with Gasteiger partial charge < -0.3 is 10.6 Å². The molecule has 1 saturated heterocycles. The molecule has 0 spiro atoms. The molecule has 2 aliphatic rings. The summed E-state index contributed by atoms with van der Waals surface area (Å²) in [5.74, 6) is 1.03. The van der Waals surface area contributed by atoms with Gasteiger partial charge in [0.05, 0.1) is 0 Å². The van der Waals surface area contributed by atoms with Crippen LogP contribution in [-0.2, 0) is 0 Å². The third-order valence-corrected chi connectivity index (χ3v) is 2.52. The van der Waals surface area contributed by atoms with Crippen LogP contribution in [0.3, 0.4) is 0 Å². The Morgan fingerprint density at radius 2 is 1.83 bits per heavy atom. The Labute approximate surface area is 86.7 Å². The molecule has 0 aromatic rings. The maximum atomic E-state index is 5.78. The summed E-state index contributed by atoms with van der Waals surface area (Å²) in [7, 11) is 0. The van der Waals surface area contributed by atoms with Crippen LogP contribution in [0.15, 0.2) is 0 Å². The van der Waals surface area contributed by atoms with E-state index >= 15 is 0 Å². The largest absolute Gasteiger partial charge is 0.326 e. The SMILES string of the molecule is Cl.Cl.N[C@H]1CCN(CC2CC2)C1. The van der Waals surface area contributed by atoms with Gasteiger partial charge in [0.15, 0.2) is 0 Å². The average Bonchev–Trinajstić information content (AvgIpc) is 2.59. The molecule has 1 saturated carbocycles. The molecule has 2 fully saturated rings. The quantitative estimate of drug-likeness (QED) is 0.748. The molecule has 1 atom stereocenters. The molecule has 2 N–H and O–H groups in total. The van der Waals surface area contributed by atoms with Crippen LogP contribution in [-0.4, -0.2) is 30.6 Å². The number of rotatable bonds is 2. The third kappa shape index (κ3) is 3.48. The van der Waals surface area contributed by atoms with Gasteiger partial charge >= 0.3 is 0 Å². The maximum Gasteiger partial charge on any atom is 0.0180 e. The Bertz CT molecular complexity index is 128. The van der Waals surface area contributed by atoms with Crippen LogP contribution < -0.4 is 5.73 Å². The van der Waals surface area contributed by atoms with Gasteiger partial charge in [0.25, 0.3) is 0 Å². The molecule has 4 heteroatoms. The van der Waals surface area contributed by atoms with E-state index in [2.05, 4.69) is 4.90 Å². The highest BCUT2D eigenvalue weighted by Gasteiger charge is 2.27. The van der Waals surface area contributed by atoms with E-state index in [4.69, 9.17) is 5.73 Å². The molecule has 2 nitrogen and oxygen atoms in total. The molecule has 2 rings (SSSR count). The van der Waals surface area contributed by atoms with E-state index in [1.165, 1.54) is 32.4 Å². The highest BCUT2D eigenvalue weighted by molar-refractivity contribution is 5.85. The number of halogens is 2. The summed E-state index contributed by atoms with van der Waals surface area (Å²) in [6, 6.07) is 0.471. The minimum atomic E-state index is 0. The Morgan fingerprint density at radius 1 is 1.17 bits per heavy atom. The van der Waals surface area contributed by atoms with Crippen molar-refractivity contribution in [3.8, 4) is 0 Å². The summed E-state index contributed by atoms with van der Waals surface area (Å²) in [5.41, 5.74) is 5.78. The van der Waals surface area contributed by atoms with Gasteiger partial charge in [-0.1, -0.05) is 0 Å². The predicted octanol–water partition coefficient (Wildman–Crippen LogP) is 1.27. The summed E-state index contributed by atoms with van der Waals surface area (Å²) in [6.45, 7) is 3.72. The van der Waals surface area contributed by atoms with Crippen LogP contribution >= 0.6 is 24.8 Å². The fraction of sp³-hybridized carbons (Fsp3) is 1.00. The van der Waals surface area contributed by atoms with Crippen molar-refractivity contribution in [1.29, 1.82) is 0 Å². The molecule has 0 aromatic heterocycles. The molecule has 12 heavy (non-hydrogen) atoms. The zero-order chi connectivity index (χ0) is 6.97. The molecule has 74 valence electrons. The molecule has 0 aromatic carbocycles. The summed E-state index contributed by atoms with van der Waals surface area (Å²) >= 11 is 0. The average molecular weight is 213 g/mol. The van der Waals surface area contributed by atoms with Crippen molar-refractivity contribution >= 4 is 24.8 Å². The van der Waals surface area contributed by atoms with Gasteiger partial charge in [0.2, 0.25) is 0 Å². The zero-order valence-corrected chi connectivity index (χ0v) is 8.87. The summed E-state index contributed by atoms with van der Waals surface area (Å²) in [5, 5.41) is 0. The summed E-state index contributed by atoms with van der Waals surface area (Å²) in [6.07, 6.45) is 4.14. The molecule has 1 heterocycles. The Morgan fingerprint density at radius 3 is 2.25 bits per heavy atom. The maximum absolute atomic E-state index is 5.78. The Kier molecular flexibility index (Phi) is 5.50. The molecular formula is C8H18Cl2N2. The third-order valence-electron chi connectivity index (χ3n) is 2.52. The highest BCUT2D eigenvalue weighted by atomic mass is 35.5. The lowest BCUT2D eigenvalue weighted by molar-refractivity contribution is 0.320. The van der Waals surface area contributed by atoms with Crippen LogP contribution in [0, 0.1) is 5.92 Å². The first-order chi connectivity index (χ1) is 4.84. The minimum Gasteiger partial charge on any atom is -0.326 e. The normalized spacial score (nSPS) is 29.2. The van der Waals surface area contributed by atoms with E-state index in [1.54, 1.807) is 0 Å². The van der Waals surface area contributed by atoms with E-state index in [-0.39, 0.29) is 24.8 Å². The lowest BCUT2D eigenvalue weighted by Crippen LogP contribution is -2.27. The fourth-order valence-electron chi connectivity index (χ4n) is 1.69. The second-order valence-electron chi connectivity index (χ2n) is 3.75. The van der Waals surface area contributed by atoms with Crippen molar-refractivity contribution in [1.82, 2.24) is 4.90 Å². The van der Waals surface area contributed by atoms with Crippen molar-refractivity contribution in [2.24, 2.45) is 11.7 Å². The predicted molar refractivity (Wildman–Crippen MR) is 56.3 cm³/mol. The van der Waals surface area contributed by atoms with Gasteiger partial charge in [-0.25, -0.2) is 0 Å². The van der Waals surface area contributed by atoms with Crippen molar-refractivity contribution in [2.75, 3.05) is 19.6 Å². The minimum absolute atomic E-state index is 0. The number of hydrogen-bond acceptors (Lipinski definition) is 2. The van der Waals surface area contributed by atoms with Crippen molar-refractivity contribution in [3.63, 3.8) is 0 Å². The summed E-state index contributed by atoms with van der Waals surface area (Å²) in [4.78, 5) is 2.52. The van der Waals surface area contributed by atoms with E-state index in [9.17, 15) is 0 Å². The molecule has 1 aliphatic carbocycles. The van der Waals surface area contributed by atoms with Crippen molar-refractivity contribution < 1.29 is 0 Å². The van der Waals surface area contributed by atoms with E-state index in [0.717, 1.165) is 12.5 Å². The molecule has 0 radical (unpaired) electrons. The first kappa shape index (κ1) is 12.5. The Hall–Kier alpha value is 0.500. The molecule has 0 bridgehead atoms. The van der Waals surface area contributed by atoms with Gasteiger partial charge in [-0.15, -0.1) is 24.8 Å². The number of likely N-dealkylation sites (tertiary alicyclic amines) is 1. The van der Waals surface area contributed by atoms with Crippen molar-refractivity contribution in [2.45, 2.75) is 25.3 Å². The smallest absolute Gasteiger partial charge is 0.0180 e. The van der Waals surface area contributed by atoms with E-state index < -0.39 is 0 Å². The van der Waals surface area contributed by atoms with Crippen molar-refractivity contribution in [3.05, 3.63) is 0 Å². The first-order valence-electron chi connectivity index (χ1n) is 4.32. The lowest BCUT2D eigenvalue weighted by atomic mass is 10.3. The molecule has 1 aliphatic heterocycles. The van der Waals surface area contributed by atoms with Crippen LogP contribution in [0.5, 0.6) is 0 Å². The molecular weight excluding hydrogens is 195 g/mol. The standard InChI is InChI=1S/C8H16N2.2ClH/c9-8-3-4-10(6-8)5-7-1-2-7;;/h7-8H,1-6,9H2;2*1H/t8-;;/m0../s1. The Balaban J connectivity index is 0.000000605. The zero-order valence-electron chi connectivity index (χ0n) is 7.24. The highest BCUT2D eigenvalue weighted by Crippen LogP contribution is 2.30. The van der Waals surface area contributed by atoms with Gasteiger partial charge in [-0.05, 0) is 31.7 Å². The van der Waals surface area contributed by atoms with E-state index in [1.807, 2.05) is 0 Å². The van der Waals surface area contributed by atoms with Crippen LogP contribution in [0.1, 0.15) is 19.3 Å².